The average molecular weight is 424 g/mol. The maximum atomic E-state index is 12.4. The van der Waals surface area contributed by atoms with E-state index in [1.807, 2.05) is 0 Å². The van der Waals surface area contributed by atoms with Gasteiger partial charge in [-0.3, -0.25) is 24.6 Å². The summed E-state index contributed by atoms with van der Waals surface area (Å²) < 4.78 is 10.7. The fourth-order valence-electron chi connectivity index (χ4n) is 2.73. The average Bonchev–Trinajstić information content (AvgIpc) is 2.56. The number of rotatable bonds is 9. The molecule has 168 valence electrons. The van der Waals surface area contributed by atoms with E-state index in [0.29, 0.717) is 0 Å². The van der Waals surface area contributed by atoms with Crippen LogP contribution in [0.5, 0.6) is 0 Å². The Hall–Kier alpha value is -2.52. The molecule has 0 spiro atoms. The molecule has 0 aliphatic carbocycles. The highest BCUT2D eigenvalue weighted by Gasteiger charge is 2.28. The van der Waals surface area contributed by atoms with Gasteiger partial charge in [0.1, 0.15) is 11.2 Å². The number of ether oxygens (including phenoxy) is 2. The van der Waals surface area contributed by atoms with Crippen molar-refractivity contribution in [2.24, 2.45) is 0 Å². The first-order valence-electron chi connectivity index (χ1n) is 9.72. The quantitative estimate of drug-likeness (QED) is 0.365. The number of nitro benzene ring substituents is 1. The molecule has 0 aliphatic heterocycles. The summed E-state index contributed by atoms with van der Waals surface area (Å²) in [5.41, 5.74) is -0.708. The van der Waals surface area contributed by atoms with Crippen molar-refractivity contribution in [3.63, 3.8) is 0 Å². The van der Waals surface area contributed by atoms with Gasteiger partial charge >= 0.3 is 11.9 Å². The Balaban J connectivity index is 3.00. The molecule has 0 radical (unpaired) electrons. The zero-order valence-corrected chi connectivity index (χ0v) is 18.5. The Morgan fingerprint density at radius 1 is 1.00 bits per heavy atom. The molecule has 0 fully saturated rings. The molecule has 0 bridgehead atoms. The van der Waals surface area contributed by atoms with E-state index in [1.165, 1.54) is 17.0 Å². The van der Waals surface area contributed by atoms with Crippen molar-refractivity contribution in [3.8, 4) is 0 Å². The summed E-state index contributed by atoms with van der Waals surface area (Å²) in [5, 5.41) is 20.8. The third kappa shape index (κ3) is 9.80. The second-order valence-corrected chi connectivity index (χ2v) is 9.04. The van der Waals surface area contributed by atoms with Crippen molar-refractivity contribution >= 4 is 17.6 Å². The maximum Gasteiger partial charge on any atom is 0.320 e. The normalized spacial score (nSPS) is 13.1. The molecule has 1 aromatic rings. The van der Waals surface area contributed by atoms with Crippen molar-refractivity contribution in [3.05, 3.63) is 39.9 Å². The lowest BCUT2D eigenvalue weighted by Gasteiger charge is -2.31. The van der Waals surface area contributed by atoms with E-state index in [2.05, 4.69) is 0 Å². The van der Waals surface area contributed by atoms with E-state index in [0.717, 1.165) is 5.56 Å². The Morgan fingerprint density at radius 3 is 1.77 bits per heavy atom. The largest absolute Gasteiger partial charge is 0.459 e. The van der Waals surface area contributed by atoms with Crippen LogP contribution in [-0.4, -0.2) is 63.8 Å². The molecule has 0 heterocycles. The maximum absolute atomic E-state index is 12.4. The number of nitro groups is 1. The van der Waals surface area contributed by atoms with Crippen LogP contribution in [0, 0.1) is 10.1 Å². The molecular formula is C21H32N2O7. The Morgan fingerprint density at radius 2 is 1.43 bits per heavy atom. The van der Waals surface area contributed by atoms with Crippen LogP contribution >= 0.6 is 0 Å². The van der Waals surface area contributed by atoms with E-state index in [-0.39, 0.29) is 31.8 Å². The van der Waals surface area contributed by atoms with Gasteiger partial charge < -0.3 is 14.6 Å². The Bertz CT molecular complexity index is 703. The van der Waals surface area contributed by atoms with Gasteiger partial charge in [0.05, 0.1) is 24.6 Å². The van der Waals surface area contributed by atoms with Crippen LogP contribution in [0.1, 0.15) is 47.1 Å². The lowest BCUT2D eigenvalue weighted by molar-refractivity contribution is -0.384. The molecule has 0 amide bonds. The number of aliphatic hydroxyl groups is 1. The number of esters is 2. The van der Waals surface area contributed by atoms with Crippen molar-refractivity contribution in [2.75, 3.05) is 19.7 Å². The van der Waals surface area contributed by atoms with Crippen molar-refractivity contribution in [2.45, 2.75) is 65.2 Å². The van der Waals surface area contributed by atoms with Crippen LogP contribution in [-0.2, 0) is 25.5 Å². The highest BCUT2D eigenvalue weighted by molar-refractivity contribution is 5.75. The van der Waals surface area contributed by atoms with Gasteiger partial charge in [-0.25, -0.2) is 0 Å². The predicted molar refractivity (Wildman–Crippen MR) is 111 cm³/mol. The molecule has 0 saturated heterocycles. The number of carbonyl (C=O) groups excluding carboxylic acids is 2. The van der Waals surface area contributed by atoms with Gasteiger partial charge in [-0.1, -0.05) is 12.1 Å². The smallest absolute Gasteiger partial charge is 0.320 e. The summed E-state index contributed by atoms with van der Waals surface area (Å²) >= 11 is 0. The predicted octanol–water partition coefficient (Wildman–Crippen LogP) is 2.48. The fourth-order valence-corrected chi connectivity index (χ4v) is 2.73. The van der Waals surface area contributed by atoms with Crippen LogP contribution in [0.3, 0.4) is 0 Å². The zero-order chi connectivity index (χ0) is 23.1. The molecular weight excluding hydrogens is 392 g/mol. The minimum Gasteiger partial charge on any atom is -0.459 e. The van der Waals surface area contributed by atoms with Crippen LogP contribution < -0.4 is 0 Å². The number of hydrogen-bond acceptors (Lipinski definition) is 8. The third-order valence-electron chi connectivity index (χ3n) is 3.85. The topological polar surface area (TPSA) is 119 Å². The fraction of sp³-hybridized carbons (Fsp3) is 0.619. The van der Waals surface area contributed by atoms with Crippen molar-refractivity contribution in [1.29, 1.82) is 0 Å². The van der Waals surface area contributed by atoms with E-state index in [9.17, 15) is 24.8 Å². The van der Waals surface area contributed by atoms with Gasteiger partial charge in [0.15, 0.2) is 0 Å². The van der Waals surface area contributed by atoms with Gasteiger partial charge in [0.25, 0.3) is 5.69 Å². The number of benzene rings is 1. The number of nitrogens with zero attached hydrogens (tertiary/aromatic N) is 2. The second-order valence-electron chi connectivity index (χ2n) is 9.04. The number of hydrogen-bond donors (Lipinski definition) is 1. The molecule has 30 heavy (non-hydrogen) atoms. The summed E-state index contributed by atoms with van der Waals surface area (Å²) in [5.74, 6) is -1.07. The highest BCUT2D eigenvalue weighted by Crippen LogP contribution is 2.17. The van der Waals surface area contributed by atoms with Gasteiger partial charge in [-0.05, 0) is 53.5 Å². The van der Waals surface area contributed by atoms with Crippen LogP contribution in [0.4, 0.5) is 5.69 Å². The first kappa shape index (κ1) is 25.5. The summed E-state index contributed by atoms with van der Waals surface area (Å²) in [6.45, 7) is 9.68. The summed E-state index contributed by atoms with van der Waals surface area (Å²) in [6.07, 6.45) is 0.278. The molecule has 9 heteroatoms. The first-order valence-corrected chi connectivity index (χ1v) is 9.72. The van der Waals surface area contributed by atoms with E-state index < -0.39 is 34.1 Å². The SMILES string of the molecule is CC(C)(C)OC(=O)CN(CC(=O)OC(C)(C)C)[C@H](CO)Cc1ccc([N+](=O)[O-])cc1. The third-order valence-corrected chi connectivity index (χ3v) is 3.85. The summed E-state index contributed by atoms with van der Waals surface area (Å²) in [6, 6.07) is 5.32. The molecule has 0 aromatic heterocycles. The van der Waals surface area contributed by atoms with E-state index in [1.54, 1.807) is 53.7 Å². The Labute approximate surface area is 177 Å². The number of carbonyl (C=O) groups is 2. The monoisotopic (exact) mass is 424 g/mol. The van der Waals surface area contributed by atoms with Gasteiger partial charge in [-0.15, -0.1) is 0 Å². The van der Waals surface area contributed by atoms with Crippen molar-refractivity contribution < 1.29 is 29.1 Å². The van der Waals surface area contributed by atoms with E-state index in [4.69, 9.17) is 9.47 Å². The van der Waals surface area contributed by atoms with Crippen LogP contribution in [0.2, 0.25) is 0 Å². The molecule has 0 saturated carbocycles. The summed E-state index contributed by atoms with van der Waals surface area (Å²) in [4.78, 5) is 36.5. The first-order chi connectivity index (χ1) is 13.7. The molecule has 9 nitrogen and oxygen atoms in total. The number of aliphatic hydroxyl groups excluding tert-OH is 1. The van der Waals surface area contributed by atoms with Gasteiger partial charge in [-0.2, -0.15) is 0 Å². The van der Waals surface area contributed by atoms with Crippen LogP contribution in [0.15, 0.2) is 24.3 Å². The molecule has 1 atom stereocenters. The summed E-state index contributed by atoms with van der Waals surface area (Å²) in [7, 11) is 0. The minimum absolute atomic E-state index is 0.0429. The lowest BCUT2D eigenvalue weighted by atomic mass is 10.0. The molecule has 0 unspecified atom stereocenters. The van der Waals surface area contributed by atoms with Crippen molar-refractivity contribution in [1.82, 2.24) is 4.90 Å². The zero-order valence-electron chi connectivity index (χ0n) is 18.5. The second kappa shape index (κ2) is 10.5. The van der Waals surface area contributed by atoms with Crippen LogP contribution in [0.25, 0.3) is 0 Å². The molecule has 1 N–H and O–H groups in total. The molecule has 1 aromatic carbocycles. The lowest BCUT2D eigenvalue weighted by Crippen LogP contribution is -2.47. The Kier molecular flexibility index (Phi) is 8.92. The highest BCUT2D eigenvalue weighted by atomic mass is 16.6. The van der Waals surface area contributed by atoms with E-state index >= 15 is 0 Å². The number of non-ortho nitro benzene ring substituents is 1. The van der Waals surface area contributed by atoms with Gasteiger partial charge in [0, 0.05) is 18.2 Å². The molecule has 0 aliphatic rings. The van der Waals surface area contributed by atoms with Gasteiger partial charge in [0.2, 0.25) is 0 Å². The standard InChI is InChI=1S/C21H32N2O7/c1-20(2,3)29-18(25)12-22(13-19(26)30-21(4,5)6)17(14-24)11-15-7-9-16(10-8-15)23(27)28/h7-10,17,24H,11-14H2,1-6H3/t17-/m0/s1. The minimum atomic E-state index is -0.693. The molecule has 1 rings (SSSR count).